The van der Waals surface area contributed by atoms with Gasteiger partial charge in [0.1, 0.15) is 5.75 Å². The molecule has 0 spiro atoms. The molecular formula is C20H21NO6. The van der Waals surface area contributed by atoms with Crippen molar-refractivity contribution in [1.82, 2.24) is 0 Å². The summed E-state index contributed by atoms with van der Waals surface area (Å²) in [6.07, 6.45) is -0.843. The van der Waals surface area contributed by atoms with E-state index in [0.29, 0.717) is 17.0 Å². The van der Waals surface area contributed by atoms with E-state index in [1.54, 1.807) is 50.2 Å². The van der Waals surface area contributed by atoms with Crippen LogP contribution < -0.4 is 10.1 Å². The molecule has 2 rings (SSSR count). The summed E-state index contributed by atoms with van der Waals surface area (Å²) < 4.78 is 15.3. The number of hydrogen-bond donors (Lipinski definition) is 1. The number of carbonyl (C=O) groups excluding carboxylic acids is 3. The molecule has 7 heteroatoms. The van der Waals surface area contributed by atoms with Crippen molar-refractivity contribution in [2.75, 3.05) is 18.5 Å². The smallest absolute Gasteiger partial charge is 0.347 e. The van der Waals surface area contributed by atoms with E-state index in [4.69, 9.17) is 14.2 Å². The first-order chi connectivity index (χ1) is 13.0. The summed E-state index contributed by atoms with van der Waals surface area (Å²) in [6, 6.07) is 15.0. The average molecular weight is 371 g/mol. The van der Waals surface area contributed by atoms with Gasteiger partial charge in [-0.3, -0.25) is 4.79 Å². The first-order valence-corrected chi connectivity index (χ1v) is 8.45. The summed E-state index contributed by atoms with van der Waals surface area (Å²) >= 11 is 0. The quantitative estimate of drug-likeness (QED) is 0.718. The third-order valence-electron chi connectivity index (χ3n) is 3.41. The highest BCUT2D eigenvalue weighted by atomic mass is 16.6. The largest absolute Gasteiger partial charge is 0.479 e. The topological polar surface area (TPSA) is 90.9 Å². The molecule has 1 atom stereocenters. The van der Waals surface area contributed by atoms with Crippen molar-refractivity contribution in [3.05, 3.63) is 60.2 Å². The van der Waals surface area contributed by atoms with Gasteiger partial charge >= 0.3 is 11.9 Å². The third kappa shape index (κ3) is 6.47. The van der Waals surface area contributed by atoms with E-state index in [2.05, 4.69) is 5.32 Å². The van der Waals surface area contributed by atoms with Crippen LogP contribution in [0.4, 0.5) is 5.69 Å². The molecule has 1 amide bonds. The third-order valence-corrected chi connectivity index (χ3v) is 3.41. The molecule has 0 aromatic heterocycles. The molecule has 7 nitrogen and oxygen atoms in total. The molecule has 1 N–H and O–H groups in total. The van der Waals surface area contributed by atoms with E-state index in [1.807, 2.05) is 6.07 Å². The second kappa shape index (κ2) is 9.96. The Bertz CT molecular complexity index is 773. The number of ether oxygens (including phenoxy) is 3. The van der Waals surface area contributed by atoms with Crippen LogP contribution >= 0.6 is 0 Å². The lowest BCUT2D eigenvalue weighted by Gasteiger charge is -2.14. The maximum atomic E-state index is 11.9. The molecule has 2 aromatic rings. The molecule has 27 heavy (non-hydrogen) atoms. The van der Waals surface area contributed by atoms with Crippen LogP contribution in [0.1, 0.15) is 24.2 Å². The molecule has 0 aliphatic carbocycles. The molecule has 2 aromatic carbocycles. The van der Waals surface area contributed by atoms with Crippen molar-refractivity contribution in [2.24, 2.45) is 0 Å². The lowest BCUT2D eigenvalue weighted by Crippen LogP contribution is -2.29. The fourth-order valence-corrected chi connectivity index (χ4v) is 2.11. The highest BCUT2D eigenvalue weighted by Crippen LogP contribution is 2.12. The van der Waals surface area contributed by atoms with Crippen molar-refractivity contribution in [3.63, 3.8) is 0 Å². The van der Waals surface area contributed by atoms with E-state index in [0.717, 1.165) is 0 Å². The zero-order chi connectivity index (χ0) is 19.6. The van der Waals surface area contributed by atoms with Gasteiger partial charge in [0.15, 0.2) is 12.7 Å². The van der Waals surface area contributed by atoms with Gasteiger partial charge in [-0.25, -0.2) is 9.59 Å². The Morgan fingerprint density at radius 1 is 0.963 bits per heavy atom. The summed E-state index contributed by atoms with van der Waals surface area (Å²) in [6.45, 7) is 3.11. The number of carbonyl (C=O) groups is 3. The lowest BCUT2D eigenvalue weighted by molar-refractivity contribution is -0.153. The van der Waals surface area contributed by atoms with Crippen molar-refractivity contribution in [2.45, 2.75) is 20.0 Å². The molecule has 0 radical (unpaired) electrons. The van der Waals surface area contributed by atoms with Crippen LogP contribution in [0.15, 0.2) is 54.6 Å². The minimum atomic E-state index is -0.843. The fraction of sp³-hybridized carbons (Fsp3) is 0.250. The van der Waals surface area contributed by atoms with Crippen LogP contribution in [0.2, 0.25) is 0 Å². The molecule has 0 saturated carbocycles. The summed E-state index contributed by atoms with van der Waals surface area (Å²) in [5, 5.41) is 2.57. The van der Waals surface area contributed by atoms with Gasteiger partial charge in [0.25, 0.3) is 5.91 Å². The lowest BCUT2D eigenvalue weighted by atomic mass is 10.2. The Hall–Kier alpha value is -3.35. The van der Waals surface area contributed by atoms with Gasteiger partial charge in [0, 0.05) is 5.69 Å². The predicted molar refractivity (Wildman–Crippen MR) is 98.5 cm³/mol. The summed E-state index contributed by atoms with van der Waals surface area (Å²) in [5.74, 6) is -1.05. The van der Waals surface area contributed by atoms with Gasteiger partial charge in [-0.2, -0.15) is 0 Å². The van der Waals surface area contributed by atoms with Crippen molar-refractivity contribution >= 4 is 23.5 Å². The zero-order valence-corrected chi connectivity index (χ0v) is 15.1. The summed E-state index contributed by atoms with van der Waals surface area (Å²) in [4.78, 5) is 35.4. The van der Waals surface area contributed by atoms with Gasteiger partial charge in [-0.05, 0) is 50.2 Å². The number of anilines is 1. The second-order valence-electron chi connectivity index (χ2n) is 5.53. The number of nitrogens with one attached hydrogen (secondary N) is 1. The van der Waals surface area contributed by atoms with E-state index in [9.17, 15) is 14.4 Å². The number of hydrogen-bond acceptors (Lipinski definition) is 6. The standard InChI is InChI=1S/C20H21NO6/c1-3-25-20(24)15-9-11-16(12-10-15)21-18(22)13-26-19(23)14(2)27-17-7-5-4-6-8-17/h4-12,14H,3,13H2,1-2H3,(H,21,22)/t14-/m1/s1. The van der Waals surface area contributed by atoms with Crippen LogP contribution in [0.3, 0.4) is 0 Å². The molecule has 0 heterocycles. The molecule has 0 aliphatic heterocycles. The Morgan fingerprint density at radius 3 is 2.26 bits per heavy atom. The Morgan fingerprint density at radius 2 is 1.63 bits per heavy atom. The maximum absolute atomic E-state index is 11.9. The van der Waals surface area contributed by atoms with Crippen molar-refractivity contribution < 1.29 is 28.6 Å². The monoisotopic (exact) mass is 371 g/mol. The highest BCUT2D eigenvalue weighted by Gasteiger charge is 2.18. The molecule has 0 saturated heterocycles. The van der Waals surface area contributed by atoms with Crippen LogP contribution in [0.5, 0.6) is 5.75 Å². The van der Waals surface area contributed by atoms with Crippen LogP contribution in [0.25, 0.3) is 0 Å². The van der Waals surface area contributed by atoms with Crippen LogP contribution in [-0.2, 0) is 19.1 Å². The maximum Gasteiger partial charge on any atom is 0.347 e. The Kier molecular flexibility index (Phi) is 7.37. The number of esters is 2. The van der Waals surface area contributed by atoms with Gasteiger partial charge in [0.2, 0.25) is 0 Å². The van der Waals surface area contributed by atoms with E-state index in [1.165, 1.54) is 12.1 Å². The molecule has 142 valence electrons. The summed E-state index contributed by atoms with van der Waals surface area (Å²) in [7, 11) is 0. The average Bonchev–Trinajstić information content (AvgIpc) is 2.67. The normalized spacial score (nSPS) is 11.2. The number of benzene rings is 2. The Labute approximate surface area is 157 Å². The van der Waals surface area contributed by atoms with Crippen molar-refractivity contribution in [3.8, 4) is 5.75 Å². The predicted octanol–water partition coefficient (Wildman–Crippen LogP) is 2.81. The van der Waals surface area contributed by atoms with Gasteiger partial charge in [-0.1, -0.05) is 18.2 Å². The molecule has 0 bridgehead atoms. The van der Waals surface area contributed by atoms with Gasteiger partial charge in [0.05, 0.1) is 12.2 Å². The van der Waals surface area contributed by atoms with Gasteiger partial charge in [-0.15, -0.1) is 0 Å². The molecular weight excluding hydrogens is 350 g/mol. The molecule has 0 aliphatic rings. The minimum absolute atomic E-state index is 0.287. The van der Waals surface area contributed by atoms with Gasteiger partial charge < -0.3 is 19.5 Å². The van der Waals surface area contributed by atoms with E-state index < -0.39 is 30.6 Å². The SMILES string of the molecule is CCOC(=O)c1ccc(NC(=O)COC(=O)[C@@H](C)Oc2ccccc2)cc1. The minimum Gasteiger partial charge on any atom is -0.479 e. The first-order valence-electron chi connectivity index (χ1n) is 8.45. The Balaban J connectivity index is 1.78. The summed E-state index contributed by atoms with van der Waals surface area (Å²) in [5.41, 5.74) is 0.853. The van der Waals surface area contributed by atoms with E-state index >= 15 is 0 Å². The fourth-order valence-electron chi connectivity index (χ4n) is 2.11. The van der Waals surface area contributed by atoms with Crippen LogP contribution in [-0.4, -0.2) is 37.2 Å². The van der Waals surface area contributed by atoms with E-state index in [-0.39, 0.29) is 6.61 Å². The molecule has 0 fully saturated rings. The highest BCUT2D eigenvalue weighted by molar-refractivity contribution is 5.94. The molecule has 0 unspecified atom stereocenters. The second-order valence-corrected chi connectivity index (χ2v) is 5.53. The first kappa shape index (κ1) is 20.0. The number of rotatable bonds is 8. The zero-order valence-electron chi connectivity index (χ0n) is 15.1. The van der Waals surface area contributed by atoms with Crippen LogP contribution in [0, 0.1) is 0 Å². The number of para-hydroxylation sites is 1. The number of amides is 1. The van der Waals surface area contributed by atoms with Crippen molar-refractivity contribution in [1.29, 1.82) is 0 Å².